The minimum Gasteiger partial charge on any atom is -0.507 e. The molecule has 0 unspecified atom stereocenters. The Labute approximate surface area is 195 Å². The monoisotopic (exact) mass is 515 g/mol. The van der Waals surface area contributed by atoms with Crippen LogP contribution in [0.5, 0.6) is 5.75 Å². The number of hydrazone groups is 1. The molecular weight excluding hydrogens is 494 g/mol. The summed E-state index contributed by atoms with van der Waals surface area (Å²) in [7, 11) is -3.91. The minimum atomic E-state index is -3.91. The summed E-state index contributed by atoms with van der Waals surface area (Å²) < 4.78 is 28.3. The van der Waals surface area contributed by atoms with Crippen LogP contribution in [0.2, 0.25) is 0 Å². The summed E-state index contributed by atoms with van der Waals surface area (Å²) in [4.78, 5) is 12.6. The normalized spacial score (nSPS) is 11.7. The molecule has 0 aliphatic rings. The Kier molecular flexibility index (Phi) is 8.15. The van der Waals surface area contributed by atoms with E-state index >= 15 is 0 Å². The molecule has 0 saturated heterocycles. The number of halogens is 1. The molecule has 0 saturated carbocycles. The lowest BCUT2D eigenvalue weighted by Gasteiger charge is -2.21. The van der Waals surface area contributed by atoms with Gasteiger partial charge < -0.3 is 5.11 Å². The van der Waals surface area contributed by atoms with E-state index in [1.54, 1.807) is 30.3 Å². The molecule has 3 aromatic carbocycles. The van der Waals surface area contributed by atoms with E-state index in [1.165, 1.54) is 24.4 Å². The SMILES string of the molecule is O=C(CN(CCc1ccccc1)S(=O)(=O)c1ccc(Br)cc1)N/N=C/c1ccccc1O. The van der Waals surface area contributed by atoms with Gasteiger partial charge in [0.2, 0.25) is 10.0 Å². The van der Waals surface area contributed by atoms with Crippen molar-refractivity contribution in [3.63, 3.8) is 0 Å². The molecule has 0 atom stereocenters. The topological polar surface area (TPSA) is 99.1 Å². The number of amides is 1. The zero-order chi connectivity index (χ0) is 23.0. The number of nitrogens with one attached hydrogen (secondary N) is 1. The highest BCUT2D eigenvalue weighted by Gasteiger charge is 2.26. The molecule has 0 heterocycles. The molecule has 0 fully saturated rings. The second-order valence-corrected chi connectivity index (χ2v) is 9.73. The van der Waals surface area contributed by atoms with E-state index in [2.05, 4.69) is 26.5 Å². The van der Waals surface area contributed by atoms with Gasteiger partial charge in [-0.25, -0.2) is 13.8 Å². The third-order valence-electron chi connectivity index (χ3n) is 4.59. The quantitative estimate of drug-likeness (QED) is 0.336. The van der Waals surface area contributed by atoms with Crippen LogP contribution in [-0.4, -0.2) is 43.0 Å². The Hall–Kier alpha value is -3.01. The first-order valence-electron chi connectivity index (χ1n) is 9.76. The Morgan fingerprint density at radius 2 is 1.66 bits per heavy atom. The van der Waals surface area contributed by atoms with Crippen molar-refractivity contribution < 1.29 is 18.3 Å². The number of phenols is 1. The number of hydrogen-bond acceptors (Lipinski definition) is 5. The summed E-state index contributed by atoms with van der Waals surface area (Å²) in [6.07, 6.45) is 1.75. The number of nitrogens with zero attached hydrogens (tertiary/aromatic N) is 2. The first-order valence-corrected chi connectivity index (χ1v) is 12.0. The van der Waals surface area contributed by atoms with E-state index in [0.717, 1.165) is 14.3 Å². The first-order chi connectivity index (χ1) is 15.4. The Bertz CT molecular complexity index is 1180. The van der Waals surface area contributed by atoms with Crippen LogP contribution in [-0.2, 0) is 21.2 Å². The second-order valence-electron chi connectivity index (χ2n) is 6.88. The molecule has 0 aliphatic carbocycles. The van der Waals surface area contributed by atoms with Crippen molar-refractivity contribution >= 4 is 38.1 Å². The molecule has 0 bridgehead atoms. The third kappa shape index (κ3) is 6.49. The summed E-state index contributed by atoms with van der Waals surface area (Å²) in [5.41, 5.74) is 3.71. The fourth-order valence-electron chi connectivity index (χ4n) is 2.90. The zero-order valence-electron chi connectivity index (χ0n) is 17.1. The van der Waals surface area contributed by atoms with Gasteiger partial charge in [0, 0.05) is 16.6 Å². The molecular formula is C23H22BrN3O4S. The van der Waals surface area contributed by atoms with Crippen LogP contribution in [0.15, 0.2) is 93.3 Å². The van der Waals surface area contributed by atoms with Gasteiger partial charge in [-0.2, -0.15) is 9.41 Å². The van der Waals surface area contributed by atoms with E-state index < -0.39 is 22.5 Å². The van der Waals surface area contributed by atoms with E-state index in [-0.39, 0.29) is 17.2 Å². The maximum Gasteiger partial charge on any atom is 0.255 e. The van der Waals surface area contributed by atoms with Crippen molar-refractivity contribution in [1.29, 1.82) is 0 Å². The van der Waals surface area contributed by atoms with Crippen molar-refractivity contribution in [1.82, 2.24) is 9.73 Å². The predicted octanol–water partition coefficient (Wildman–Crippen LogP) is 3.54. The molecule has 0 aliphatic heterocycles. The lowest BCUT2D eigenvalue weighted by Crippen LogP contribution is -2.40. The van der Waals surface area contributed by atoms with Crippen LogP contribution >= 0.6 is 15.9 Å². The third-order valence-corrected chi connectivity index (χ3v) is 6.98. The number of carbonyl (C=O) groups excluding carboxylic acids is 1. The lowest BCUT2D eigenvalue weighted by molar-refractivity contribution is -0.121. The molecule has 1 amide bonds. The first kappa shape index (κ1) is 23.6. The number of phenolic OH excluding ortho intramolecular Hbond substituents is 1. The van der Waals surface area contributed by atoms with Crippen molar-refractivity contribution in [2.24, 2.45) is 5.10 Å². The Morgan fingerprint density at radius 1 is 1.00 bits per heavy atom. The number of hydrogen-bond donors (Lipinski definition) is 2. The van der Waals surface area contributed by atoms with Crippen LogP contribution in [0, 0.1) is 0 Å². The molecule has 0 aromatic heterocycles. The van der Waals surface area contributed by atoms with E-state index in [4.69, 9.17) is 0 Å². The van der Waals surface area contributed by atoms with Gasteiger partial charge in [0.05, 0.1) is 17.7 Å². The average molecular weight is 516 g/mol. The van der Waals surface area contributed by atoms with Gasteiger partial charge in [-0.3, -0.25) is 4.79 Å². The number of rotatable bonds is 9. The van der Waals surface area contributed by atoms with Gasteiger partial charge in [0.15, 0.2) is 0 Å². The summed E-state index contributed by atoms with van der Waals surface area (Å²) in [6.45, 7) is -0.275. The number of carbonyl (C=O) groups is 1. The van der Waals surface area contributed by atoms with Crippen LogP contribution in [0.1, 0.15) is 11.1 Å². The molecule has 9 heteroatoms. The molecule has 3 rings (SSSR count). The largest absolute Gasteiger partial charge is 0.507 e. The lowest BCUT2D eigenvalue weighted by atomic mass is 10.1. The highest BCUT2D eigenvalue weighted by Crippen LogP contribution is 2.19. The van der Waals surface area contributed by atoms with Gasteiger partial charge in [-0.1, -0.05) is 58.4 Å². The molecule has 32 heavy (non-hydrogen) atoms. The highest BCUT2D eigenvalue weighted by molar-refractivity contribution is 9.10. The number of para-hydroxylation sites is 1. The van der Waals surface area contributed by atoms with Crippen molar-refractivity contribution in [3.05, 3.63) is 94.5 Å². The predicted molar refractivity (Wildman–Crippen MR) is 127 cm³/mol. The van der Waals surface area contributed by atoms with Gasteiger partial charge in [0.1, 0.15) is 5.75 Å². The van der Waals surface area contributed by atoms with E-state index in [0.29, 0.717) is 12.0 Å². The van der Waals surface area contributed by atoms with Crippen molar-refractivity contribution in [2.75, 3.05) is 13.1 Å². The maximum atomic E-state index is 13.2. The number of benzene rings is 3. The fraction of sp³-hybridized carbons (Fsp3) is 0.130. The fourth-order valence-corrected chi connectivity index (χ4v) is 4.57. The molecule has 166 valence electrons. The summed E-state index contributed by atoms with van der Waals surface area (Å²) in [6, 6.07) is 22.2. The molecule has 0 spiro atoms. The summed E-state index contributed by atoms with van der Waals surface area (Å²) >= 11 is 3.30. The van der Waals surface area contributed by atoms with Crippen LogP contribution < -0.4 is 5.43 Å². The number of aromatic hydroxyl groups is 1. The Morgan fingerprint density at radius 3 is 2.34 bits per heavy atom. The number of sulfonamides is 1. The second kappa shape index (κ2) is 11.0. The van der Waals surface area contributed by atoms with Crippen molar-refractivity contribution in [2.45, 2.75) is 11.3 Å². The highest BCUT2D eigenvalue weighted by atomic mass is 79.9. The van der Waals surface area contributed by atoms with E-state index in [1.807, 2.05) is 30.3 Å². The standard InChI is InChI=1S/C23H22BrN3O4S/c24-20-10-12-21(13-11-20)32(30,31)27(15-14-18-6-2-1-3-7-18)17-23(29)26-25-16-19-8-4-5-9-22(19)28/h1-13,16,28H,14-15,17H2,(H,26,29)/b25-16+. The van der Waals surface area contributed by atoms with Crippen LogP contribution in [0.4, 0.5) is 0 Å². The molecule has 0 radical (unpaired) electrons. The maximum absolute atomic E-state index is 13.2. The average Bonchev–Trinajstić information content (AvgIpc) is 2.79. The van der Waals surface area contributed by atoms with Gasteiger partial charge >= 0.3 is 0 Å². The van der Waals surface area contributed by atoms with Crippen molar-refractivity contribution in [3.8, 4) is 5.75 Å². The van der Waals surface area contributed by atoms with Gasteiger partial charge in [-0.05, 0) is 48.4 Å². The summed E-state index contributed by atoms with van der Waals surface area (Å²) in [5.74, 6) is -0.571. The molecule has 7 nitrogen and oxygen atoms in total. The van der Waals surface area contributed by atoms with E-state index in [9.17, 15) is 18.3 Å². The zero-order valence-corrected chi connectivity index (χ0v) is 19.5. The Balaban J connectivity index is 1.74. The van der Waals surface area contributed by atoms with Crippen LogP contribution in [0.3, 0.4) is 0 Å². The summed E-state index contributed by atoms with van der Waals surface area (Å²) in [5, 5.41) is 13.6. The smallest absolute Gasteiger partial charge is 0.255 e. The molecule has 3 aromatic rings. The minimum absolute atomic E-state index is 0.0211. The van der Waals surface area contributed by atoms with Gasteiger partial charge in [-0.15, -0.1) is 0 Å². The van der Waals surface area contributed by atoms with Gasteiger partial charge in [0.25, 0.3) is 5.91 Å². The van der Waals surface area contributed by atoms with Crippen LogP contribution in [0.25, 0.3) is 0 Å². The molecule has 2 N–H and O–H groups in total.